The molecule has 0 aliphatic rings. The lowest BCUT2D eigenvalue weighted by Gasteiger charge is -2.14. The van der Waals surface area contributed by atoms with Crippen LogP contribution in [0.4, 0.5) is 0 Å². The Labute approximate surface area is 153 Å². The van der Waals surface area contributed by atoms with E-state index in [1.54, 1.807) is 31.5 Å². The molecule has 3 heterocycles. The van der Waals surface area contributed by atoms with Gasteiger partial charge in [0.2, 0.25) is 5.91 Å². The Hall–Kier alpha value is -3.75. The summed E-state index contributed by atoms with van der Waals surface area (Å²) in [6.45, 7) is 1.85. The molecule has 1 aromatic carbocycles. The summed E-state index contributed by atoms with van der Waals surface area (Å²) in [5, 5.41) is 11.1. The first-order valence-corrected chi connectivity index (χ1v) is 8.43. The summed E-state index contributed by atoms with van der Waals surface area (Å²) in [6, 6.07) is 11.5. The third-order valence-electron chi connectivity index (χ3n) is 4.16. The number of benzene rings is 1. The van der Waals surface area contributed by atoms with Gasteiger partial charge in [-0.05, 0) is 31.2 Å². The molecular formula is C18H17N7O2. The van der Waals surface area contributed by atoms with E-state index >= 15 is 0 Å². The summed E-state index contributed by atoms with van der Waals surface area (Å²) in [4.78, 5) is 32.2. The average Bonchev–Trinajstić information content (AvgIpc) is 3.35. The summed E-state index contributed by atoms with van der Waals surface area (Å²) < 4.78 is 2.67. The number of carbonyl (C=O) groups is 1. The molecule has 0 fully saturated rings. The van der Waals surface area contributed by atoms with Crippen molar-refractivity contribution in [2.24, 2.45) is 0 Å². The number of para-hydroxylation sites is 2. The van der Waals surface area contributed by atoms with Gasteiger partial charge in [0.25, 0.3) is 5.56 Å². The summed E-state index contributed by atoms with van der Waals surface area (Å²) >= 11 is 0. The molecule has 1 amide bonds. The largest absolute Gasteiger partial charge is 0.347 e. The maximum atomic E-state index is 12.5. The Morgan fingerprint density at radius 1 is 1.22 bits per heavy atom. The number of nitrogens with zero attached hydrogens (tertiary/aromatic N) is 5. The number of imidazole rings is 1. The van der Waals surface area contributed by atoms with Crippen LogP contribution < -0.4 is 10.9 Å². The third-order valence-corrected chi connectivity index (χ3v) is 4.16. The molecule has 9 nitrogen and oxygen atoms in total. The van der Waals surface area contributed by atoms with Gasteiger partial charge in [0.1, 0.15) is 11.9 Å². The fourth-order valence-electron chi connectivity index (χ4n) is 2.74. The van der Waals surface area contributed by atoms with E-state index in [-0.39, 0.29) is 18.0 Å². The lowest BCUT2D eigenvalue weighted by molar-refractivity contribution is -0.124. The predicted octanol–water partition coefficient (Wildman–Crippen LogP) is 1.18. The van der Waals surface area contributed by atoms with Crippen molar-refractivity contribution >= 4 is 16.9 Å². The molecule has 0 spiro atoms. The standard InChI is InChI=1S/C18H17N7O2/c1-12(25-17(26)8-7-16(23-25)24-10-4-9-20-24)18(27)19-11-15-21-13-5-2-3-6-14(13)22-15/h2-10,12H,11H2,1H3,(H,19,27)(H,21,22). The minimum Gasteiger partial charge on any atom is -0.347 e. The van der Waals surface area contributed by atoms with Crippen molar-refractivity contribution in [3.63, 3.8) is 0 Å². The number of hydrogen-bond donors (Lipinski definition) is 2. The SMILES string of the molecule is CC(C(=O)NCc1nc2ccccc2[nH]1)n1nc(-n2cccn2)ccc1=O. The van der Waals surface area contributed by atoms with Gasteiger partial charge in [-0.25, -0.2) is 14.3 Å². The van der Waals surface area contributed by atoms with E-state index in [1.165, 1.54) is 10.7 Å². The van der Waals surface area contributed by atoms with Crippen molar-refractivity contribution in [2.45, 2.75) is 19.5 Å². The lowest BCUT2D eigenvalue weighted by atomic mass is 10.3. The van der Waals surface area contributed by atoms with Crippen LogP contribution in [0, 0.1) is 0 Å². The smallest absolute Gasteiger partial charge is 0.267 e. The molecule has 3 aromatic heterocycles. The first-order chi connectivity index (χ1) is 13.1. The van der Waals surface area contributed by atoms with Gasteiger partial charge < -0.3 is 10.3 Å². The Morgan fingerprint density at radius 2 is 2.07 bits per heavy atom. The number of fused-ring (bicyclic) bond motifs is 1. The van der Waals surface area contributed by atoms with Crippen LogP contribution in [0.15, 0.2) is 59.7 Å². The molecule has 27 heavy (non-hydrogen) atoms. The van der Waals surface area contributed by atoms with Gasteiger partial charge in [0, 0.05) is 18.5 Å². The Bertz CT molecular complexity index is 1110. The summed E-state index contributed by atoms with van der Waals surface area (Å²) in [5.74, 6) is 0.765. The highest BCUT2D eigenvalue weighted by atomic mass is 16.2. The number of aromatic amines is 1. The second-order valence-corrected chi connectivity index (χ2v) is 6.02. The van der Waals surface area contributed by atoms with Gasteiger partial charge in [-0.1, -0.05) is 12.1 Å². The van der Waals surface area contributed by atoms with Crippen molar-refractivity contribution in [3.05, 3.63) is 71.0 Å². The molecule has 0 aliphatic heterocycles. The number of rotatable bonds is 5. The van der Waals surface area contributed by atoms with Crippen molar-refractivity contribution in [1.29, 1.82) is 0 Å². The Balaban J connectivity index is 1.50. The Kier molecular flexibility index (Phi) is 4.25. The molecule has 4 aromatic rings. The number of nitrogens with one attached hydrogen (secondary N) is 2. The van der Waals surface area contributed by atoms with Crippen molar-refractivity contribution in [2.75, 3.05) is 0 Å². The summed E-state index contributed by atoms with van der Waals surface area (Å²) in [7, 11) is 0. The number of H-pyrrole nitrogens is 1. The van der Waals surface area contributed by atoms with Crippen molar-refractivity contribution in [1.82, 2.24) is 34.8 Å². The zero-order chi connectivity index (χ0) is 18.8. The number of aromatic nitrogens is 6. The fourth-order valence-corrected chi connectivity index (χ4v) is 2.74. The van der Waals surface area contributed by atoms with E-state index in [4.69, 9.17) is 0 Å². The first kappa shape index (κ1) is 16.7. The van der Waals surface area contributed by atoms with Crippen LogP contribution >= 0.6 is 0 Å². The first-order valence-electron chi connectivity index (χ1n) is 8.43. The summed E-state index contributed by atoms with van der Waals surface area (Å²) in [6.07, 6.45) is 3.32. The fraction of sp³-hybridized carbons (Fsp3) is 0.167. The van der Waals surface area contributed by atoms with Gasteiger partial charge >= 0.3 is 0 Å². The zero-order valence-corrected chi connectivity index (χ0v) is 14.5. The minimum atomic E-state index is -0.780. The van der Waals surface area contributed by atoms with Gasteiger partial charge in [0.15, 0.2) is 5.82 Å². The molecule has 4 rings (SSSR count). The van der Waals surface area contributed by atoms with Gasteiger partial charge in [-0.3, -0.25) is 9.59 Å². The number of amides is 1. The van der Waals surface area contributed by atoms with Crippen LogP contribution in [-0.4, -0.2) is 35.4 Å². The highest BCUT2D eigenvalue weighted by molar-refractivity contribution is 5.80. The lowest BCUT2D eigenvalue weighted by Crippen LogP contribution is -2.37. The third kappa shape index (κ3) is 3.34. The van der Waals surface area contributed by atoms with Gasteiger partial charge in [-0.2, -0.15) is 5.10 Å². The van der Waals surface area contributed by atoms with Crippen LogP contribution in [0.2, 0.25) is 0 Å². The maximum Gasteiger partial charge on any atom is 0.267 e. The quantitative estimate of drug-likeness (QED) is 0.553. The highest BCUT2D eigenvalue weighted by Gasteiger charge is 2.18. The molecule has 1 unspecified atom stereocenters. The minimum absolute atomic E-state index is 0.228. The molecule has 0 aliphatic carbocycles. The van der Waals surface area contributed by atoms with E-state index in [0.29, 0.717) is 11.6 Å². The number of carbonyl (C=O) groups excluding carboxylic acids is 1. The Morgan fingerprint density at radius 3 is 2.85 bits per heavy atom. The van der Waals surface area contributed by atoms with E-state index in [2.05, 4.69) is 25.5 Å². The van der Waals surface area contributed by atoms with E-state index in [1.807, 2.05) is 24.3 Å². The molecule has 0 bridgehead atoms. The molecule has 9 heteroatoms. The van der Waals surface area contributed by atoms with E-state index in [0.717, 1.165) is 15.7 Å². The van der Waals surface area contributed by atoms with Crippen molar-refractivity contribution in [3.8, 4) is 5.82 Å². The predicted molar refractivity (Wildman–Crippen MR) is 98.3 cm³/mol. The zero-order valence-electron chi connectivity index (χ0n) is 14.5. The van der Waals surface area contributed by atoms with Gasteiger partial charge in [0.05, 0.1) is 17.6 Å². The van der Waals surface area contributed by atoms with E-state index in [9.17, 15) is 9.59 Å². The highest BCUT2D eigenvalue weighted by Crippen LogP contribution is 2.10. The second-order valence-electron chi connectivity index (χ2n) is 6.02. The van der Waals surface area contributed by atoms with Crippen molar-refractivity contribution < 1.29 is 4.79 Å². The van der Waals surface area contributed by atoms with E-state index < -0.39 is 6.04 Å². The maximum absolute atomic E-state index is 12.5. The molecule has 0 saturated heterocycles. The van der Waals surface area contributed by atoms with Crippen LogP contribution in [0.5, 0.6) is 0 Å². The molecule has 0 radical (unpaired) electrons. The van der Waals surface area contributed by atoms with Gasteiger partial charge in [-0.15, -0.1) is 5.10 Å². The van der Waals surface area contributed by atoms with Crippen LogP contribution in [0.3, 0.4) is 0 Å². The summed E-state index contributed by atoms with van der Waals surface area (Å²) in [5.41, 5.74) is 1.37. The van der Waals surface area contributed by atoms with Crippen LogP contribution in [0.1, 0.15) is 18.8 Å². The monoisotopic (exact) mass is 363 g/mol. The second kappa shape index (κ2) is 6.87. The molecule has 136 valence electrons. The molecule has 0 saturated carbocycles. The molecular weight excluding hydrogens is 346 g/mol. The normalized spacial score (nSPS) is 12.2. The van der Waals surface area contributed by atoms with Crippen LogP contribution in [-0.2, 0) is 11.3 Å². The average molecular weight is 363 g/mol. The molecule has 1 atom stereocenters. The van der Waals surface area contributed by atoms with Crippen LogP contribution in [0.25, 0.3) is 16.9 Å². The molecule has 2 N–H and O–H groups in total. The number of hydrogen-bond acceptors (Lipinski definition) is 5. The topological polar surface area (TPSA) is 110 Å².